The topological polar surface area (TPSA) is 84.7 Å². The summed E-state index contributed by atoms with van der Waals surface area (Å²) >= 11 is 1.69. The van der Waals surface area contributed by atoms with E-state index in [0.29, 0.717) is 18.3 Å². The molecule has 7 nitrogen and oxygen atoms in total. The lowest BCUT2D eigenvalue weighted by molar-refractivity contribution is 0.0948. The number of carbonyl (C=O) groups excluding carboxylic acids is 1. The van der Waals surface area contributed by atoms with Gasteiger partial charge in [0.2, 0.25) is 0 Å². The summed E-state index contributed by atoms with van der Waals surface area (Å²) in [6, 6.07) is 0.335. The fraction of sp³-hybridized carbons (Fsp3) is 0.625. The Morgan fingerprint density at radius 3 is 2.75 bits per heavy atom. The third-order valence-electron chi connectivity index (χ3n) is 4.49. The molecule has 1 saturated heterocycles. The number of aryl methyl sites for hydroxylation is 2. The van der Waals surface area contributed by atoms with Crippen LogP contribution in [0.25, 0.3) is 0 Å². The molecule has 0 bridgehead atoms. The highest BCUT2D eigenvalue weighted by Crippen LogP contribution is 2.20. The van der Waals surface area contributed by atoms with Crippen LogP contribution in [0.1, 0.15) is 50.6 Å². The maximum absolute atomic E-state index is 12.4. The van der Waals surface area contributed by atoms with Crippen LogP contribution in [0.4, 0.5) is 0 Å². The first-order valence-corrected chi connectivity index (χ1v) is 9.21. The van der Waals surface area contributed by atoms with Gasteiger partial charge in [0.15, 0.2) is 5.69 Å². The molecule has 0 radical (unpaired) electrons. The van der Waals surface area contributed by atoms with Crippen LogP contribution in [0.2, 0.25) is 0 Å². The van der Waals surface area contributed by atoms with Gasteiger partial charge in [-0.15, -0.1) is 16.4 Å². The molecule has 0 unspecified atom stereocenters. The second kappa shape index (κ2) is 7.40. The lowest BCUT2D eigenvalue weighted by Gasteiger charge is -2.23. The van der Waals surface area contributed by atoms with Crippen molar-refractivity contribution in [3.63, 3.8) is 0 Å². The summed E-state index contributed by atoms with van der Waals surface area (Å²) in [5.41, 5.74) is 2.35. The van der Waals surface area contributed by atoms with Crippen molar-refractivity contribution in [1.29, 1.82) is 0 Å². The lowest BCUT2D eigenvalue weighted by atomic mass is 10.1. The van der Waals surface area contributed by atoms with Crippen LogP contribution in [0.3, 0.4) is 0 Å². The zero-order valence-corrected chi connectivity index (χ0v) is 15.2. The minimum atomic E-state index is -0.155. The molecule has 1 aliphatic rings. The number of carbonyl (C=O) groups is 1. The van der Waals surface area contributed by atoms with E-state index in [1.807, 2.05) is 18.5 Å². The van der Waals surface area contributed by atoms with Crippen molar-refractivity contribution in [1.82, 2.24) is 30.6 Å². The molecule has 2 aromatic heterocycles. The van der Waals surface area contributed by atoms with Crippen LogP contribution in [-0.2, 0) is 6.42 Å². The number of aromatic nitrogens is 4. The first-order chi connectivity index (χ1) is 11.6. The van der Waals surface area contributed by atoms with E-state index < -0.39 is 0 Å². The van der Waals surface area contributed by atoms with Gasteiger partial charge in [-0.1, -0.05) is 5.21 Å². The second-order valence-electron chi connectivity index (χ2n) is 6.20. The molecule has 8 heteroatoms. The maximum atomic E-state index is 12.4. The number of nitrogens with one attached hydrogen (secondary N) is 2. The minimum absolute atomic E-state index is 0.155. The number of nitrogens with zero attached hydrogens (tertiary/aromatic N) is 4. The van der Waals surface area contributed by atoms with Gasteiger partial charge in [0.05, 0.1) is 22.4 Å². The number of thiazole rings is 1. The third kappa shape index (κ3) is 3.64. The molecule has 3 heterocycles. The molecule has 24 heavy (non-hydrogen) atoms. The fourth-order valence-corrected chi connectivity index (χ4v) is 3.89. The Kier molecular flexibility index (Phi) is 5.25. The Morgan fingerprint density at radius 2 is 2.08 bits per heavy atom. The summed E-state index contributed by atoms with van der Waals surface area (Å²) in [5, 5.41) is 15.6. The highest BCUT2D eigenvalue weighted by atomic mass is 32.1. The van der Waals surface area contributed by atoms with Crippen molar-refractivity contribution in [2.45, 2.75) is 46.1 Å². The standard InChI is InChI=1S/C16H24N6OS/c1-10-12(3)24-14(19-10)6-9-18-16(23)15-11(2)22(21-20-15)13-4-7-17-8-5-13/h13,17H,4-9H2,1-3H3,(H,18,23). The van der Waals surface area contributed by atoms with Crippen molar-refractivity contribution < 1.29 is 4.79 Å². The van der Waals surface area contributed by atoms with Crippen LogP contribution in [0.15, 0.2) is 0 Å². The minimum Gasteiger partial charge on any atom is -0.350 e. The highest BCUT2D eigenvalue weighted by molar-refractivity contribution is 7.11. The van der Waals surface area contributed by atoms with Gasteiger partial charge in [-0.2, -0.15) is 0 Å². The van der Waals surface area contributed by atoms with Gasteiger partial charge in [0.1, 0.15) is 0 Å². The smallest absolute Gasteiger partial charge is 0.273 e. The van der Waals surface area contributed by atoms with Gasteiger partial charge >= 0.3 is 0 Å². The zero-order valence-electron chi connectivity index (χ0n) is 14.4. The fourth-order valence-electron chi connectivity index (χ4n) is 2.96. The van der Waals surface area contributed by atoms with Gasteiger partial charge in [0.25, 0.3) is 5.91 Å². The molecular formula is C16H24N6OS. The molecule has 130 valence electrons. The Balaban J connectivity index is 1.57. The average molecular weight is 348 g/mol. The van der Waals surface area contributed by atoms with Crippen LogP contribution < -0.4 is 10.6 Å². The van der Waals surface area contributed by atoms with E-state index in [1.54, 1.807) is 11.3 Å². The third-order valence-corrected chi connectivity index (χ3v) is 5.63. The van der Waals surface area contributed by atoms with Crippen molar-refractivity contribution in [2.75, 3.05) is 19.6 Å². The van der Waals surface area contributed by atoms with E-state index in [0.717, 1.165) is 48.7 Å². The molecule has 1 amide bonds. The Hall–Kier alpha value is -1.80. The van der Waals surface area contributed by atoms with Crippen LogP contribution in [-0.4, -0.2) is 45.5 Å². The molecule has 0 aliphatic carbocycles. The predicted molar refractivity (Wildman–Crippen MR) is 93.5 cm³/mol. The molecular weight excluding hydrogens is 324 g/mol. The lowest BCUT2D eigenvalue weighted by Crippen LogP contribution is -2.30. The number of amides is 1. The monoisotopic (exact) mass is 348 g/mol. The van der Waals surface area contributed by atoms with E-state index in [2.05, 4.69) is 32.9 Å². The van der Waals surface area contributed by atoms with Gasteiger partial charge in [-0.3, -0.25) is 4.79 Å². The largest absolute Gasteiger partial charge is 0.350 e. The summed E-state index contributed by atoms with van der Waals surface area (Å²) in [6.07, 6.45) is 2.79. The van der Waals surface area contributed by atoms with Crippen molar-refractivity contribution in [3.05, 3.63) is 27.0 Å². The number of piperidine rings is 1. The summed E-state index contributed by atoms with van der Waals surface area (Å²) in [4.78, 5) is 18.1. The van der Waals surface area contributed by atoms with E-state index in [9.17, 15) is 4.79 Å². The number of rotatable bonds is 5. The average Bonchev–Trinajstić information content (AvgIpc) is 3.11. The summed E-state index contributed by atoms with van der Waals surface area (Å²) in [5.74, 6) is -0.155. The summed E-state index contributed by atoms with van der Waals surface area (Å²) in [7, 11) is 0. The molecule has 2 N–H and O–H groups in total. The van der Waals surface area contributed by atoms with Gasteiger partial charge < -0.3 is 10.6 Å². The summed E-state index contributed by atoms with van der Waals surface area (Å²) in [6.45, 7) is 8.53. The number of hydrogen-bond donors (Lipinski definition) is 2. The molecule has 1 aliphatic heterocycles. The summed E-state index contributed by atoms with van der Waals surface area (Å²) < 4.78 is 1.91. The van der Waals surface area contributed by atoms with Crippen molar-refractivity contribution in [3.8, 4) is 0 Å². The van der Waals surface area contributed by atoms with E-state index in [-0.39, 0.29) is 5.91 Å². The first-order valence-electron chi connectivity index (χ1n) is 8.40. The highest BCUT2D eigenvalue weighted by Gasteiger charge is 2.22. The van der Waals surface area contributed by atoms with E-state index in [1.165, 1.54) is 4.88 Å². The van der Waals surface area contributed by atoms with Crippen molar-refractivity contribution >= 4 is 17.2 Å². The normalized spacial score (nSPS) is 15.6. The quantitative estimate of drug-likeness (QED) is 0.856. The molecule has 0 saturated carbocycles. The SMILES string of the molecule is Cc1nc(CCNC(=O)c2nnn(C3CCNCC3)c2C)sc1C. The van der Waals surface area contributed by atoms with Gasteiger partial charge in [0, 0.05) is 17.8 Å². The molecule has 2 aromatic rings. The molecule has 0 aromatic carbocycles. The first kappa shape index (κ1) is 17.0. The number of hydrogen-bond acceptors (Lipinski definition) is 6. The van der Waals surface area contributed by atoms with Crippen LogP contribution in [0.5, 0.6) is 0 Å². The molecule has 0 atom stereocenters. The Morgan fingerprint density at radius 1 is 1.33 bits per heavy atom. The molecule has 1 fully saturated rings. The Labute approximate surface area is 145 Å². The van der Waals surface area contributed by atoms with E-state index in [4.69, 9.17) is 0 Å². The molecule has 0 spiro atoms. The van der Waals surface area contributed by atoms with Crippen molar-refractivity contribution in [2.24, 2.45) is 0 Å². The predicted octanol–water partition coefficient (Wildman–Crippen LogP) is 1.56. The zero-order chi connectivity index (χ0) is 17.1. The maximum Gasteiger partial charge on any atom is 0.273 e. The molecule has 3 rings (SSSR count). The van der Waals surface area contributed by atoms with Gasteiger partial charge in [-0.05, 0) is 46.7 Å². The van der Waals surface area contributed by atoms with E-state index >= 15 is 0 Å². The second-order valence-corrected chi connectivity index (χ2v) is 7.49. The Bertz CT molecular complexity index is 697. The van der Waals surface area contributed by atoms with Crippen LogP contribution in [0, 0.1) is 20.8 Å². The van der Waals surface area contributed by atoms with Crippen LogP contribution >= 0.6 is 11.3 Å². The van der Waals surface area contributed by atoms with Gasteiger partial charge in [-0.25, -0.2) is 9.67 Å².